The number of hydrogen-bond acceptors (Lipinski definition) is 2. The van der Waals surface area contributed by atoms with Gasteiger partial charge in [-0.05, 0) is 19.3 Å². The van der Waals surface area contributed by atoms with Crippen LogP contribution in [0.5, 0.6) is 0 Å². The molecule has 0 N–H and O–H groups in total. The van der Waals surface area contributed by atoms with Crippen molar-refractivity contribution in [1.82, 2.24) is 9.78 Å². The molecule has 1 heterocycles. The minimum atomic E-state index is 0.247. The summed E-state index contributed by atoms with van der Waals surface area (Å²) in [4.78, 5) is 2.33. The molecule has 17 heavy (non-hydrogen) atoms. The van der Waals surface area contributed by atoms with Crippen molar-refractivity contribution in [3.05, 3.63) is 11.3 Å². The van der Waals surface area contributed by atoms with E-state index < -0.39 is 0 Å². The minimum Gasteiger partial charge on any atom is -0.356 e. The van der Waals surface area contributed by atoms with Crippen LogP contribution in [0, 0.1) is 12.3 Å². The van der Waals surface area contributed by atoms with Crippen molar-refractivity contribution in [3.8, 4) is 0 Å². The van der Waals surface area contributed by atoms with Crippen LogP contribution >= 0.6 is 15.9 Å². The van der Waals surface area contributed by atoms with Gasteiger partial charge in [0.05, 0.1) is 5.69 Å². The van der Waals surface area contributed by atoms with Crippen LogP contribution in [0.4, 0.5) is 5.82 Å². The Kier molecular flexibility index (Phi) is 4.28. The second kappa shape index (κ2) is 5.01. The maximum atomic E-state index is 4.51. The molecule has 0 saturated heterocycles. The summed E-state index contributed by atoms with van der Waals surface area (Å²) >= 11 is 3.56. The van der Waals surface area contributed by atoms with Crippen LogP contribution in [0.2, 0.25) is 0 Å². The van der Waals surface area contributed by atoms with Crippen LogP contribution in [0.1, 0.15) is 39.0 Å². The van der Waals surface area contributed by atoms with Gasteiger partial charge in [-0.15, -0.1) is 0 Å². The van der Waals surface area contributed by atoms with Crippen molar-refractivity contribution >= 4 is 21.7 Å². The fraction of sp³-hybridized carbons (Fsp3) is 0.769. The van der Waals surface area contributed by atoms with Crippen molar-refractivity contribution in [1.29, 1.82) is 0 Å². The molecule has 0 amide bonds. The zero-order valence-electron chi connectivity index (χ0n) is 12.0. The third-order valence-electron chi connectivity index (χ3n) is 3.62. The second-order valence-electron chi connectivity index (χ2n) is 5.80. The van der Waals surface area contributed by atoms with Gasteiger partial charge in [0, 0.05) is 31.0 Å². The molecule has 0 saturated carbocycles. The highest BCUT2D eigenvalue weighted by atomic mass is 79.9. The zero-order chi connectivity index (χ0) is 13.4. The van der Waals surface area contributed by atoms with E-state index in [1.54, 1.807) is 0 Å². The maximum Gasteiger partial charge on any atom is 0.130 e. The molecule has 1 atom stereocenters. The Hall–Kier alpha value is -0.510. The van der Waals surface area contributed by atoms with Crippen LogP contribution in [0.15, 0.2) is 0 Å². The zero-order valence-corrected chi connectivity index (χ0v) is 13.6. The van der Waals surface area contributed by atoms with Crippen LogP contribution in [-0.2, 0) is 12.4 Å². The van der Waals surface area contributed by atoms with E-state index in [-0.39, 0.29) is 5.41 Å². The normalized spacial score (nSPS) is 13.9. The number of hydrogen-bond donors (Lipinski definition) is 0. The molecule has 0 aliphatic carbocycles. The summed E-state index contributed by atoms with van der Waals surface area (Å²) in [5.74, 6) is 1.21. The third-order valence-corrected chi connectivity index (χ3v) is 4.18. The Morgan fingerprint density at radius 2 is 1.94 bits per heavy atom. The van der Waals surface area contributed by atoms with Gasteiger partial charge >= 0.3 is 0 Å². The molecule has 3 nitrogen and oxygen atoms in total. The number of nitrogens with zero attached hydrogens (tertiary/aromatic N) is 3. The van der Waals surface area contributed by atoms with E-state index >= 15 is 0 Å². The van der Waals surface area contributed by atoms with Gasteiger partial charge < -0.3 is 4.90 Å². The summed E-state index contributed by atoms with van der Waals surface area (Å²) in [6.07, 6.45) is 0. The van der Waals surface area contributed by atoms with Gasteiger partial charge in [0.2, 0.25) is 0 Å². The molecule has 98 valence electrons. The molecule has 0 aromatic carbocycles. The van der Waals surface area contributed by atoms with Crippen molar-refractivity contribution in [2.24, 2.45) is 12.5 Å². The molecule has 0 bridgehead atoms. The average Bonchev–Trinajstić information content (AvgIpc) is 2.49. The number of alkyl halides is 1. The SMILES string of the molecule is Cc1nn(C)c(N(C)C(C)C(C)(C)C)c1CBr. The largest absolute Gasteiger partial charge is 0.356 e. The van der Waals surface area contributed by atoms with E-state index in [0.717, 1.165) is 11.0 Å². The standard InChI is InChI=1S/C13H24BrN3/c1-9-11(8-14)12(17(7)15-9)16(6)10(2)13(3,4)5/h10H,8H2,1-7H3. The van der Waals surface area contributed by atoms with Crippen LogP contribution in [0.3, 0.4) is 0 Å². The second-order valence-corrected chi connectivity index (χ2v) is 6.36. The van der Waals surface area contributed by atoms with Crippen molar-refractivity contribution < 1.29 is 0 Å². The first-order chi connectivity index (χ1) is 7.70. The molecule has 0 fully saturated rings. The average molecular weight is 302 g/mol. The summed E-state index contributed by atoms with van der Waals surface area (Å²) in [5, 5.41) is 5.36. The lowest BCUT2D eigenvalue weighted by molar-refractivity contribution is 0.327. The van der Waals surface area contributed by atoms with E-state index in [9.17, 15) is 0 Å². The summed E-state index contributed by atoms with van der Waals surface area (Å²) in [7, 11) is 4.17. The van der Waals surface area contributed by atoms with Gasteiger partial charge in [-0.3, -0.25) is 4.68 Å². The van der Waals surface area contributed by atoms with Crippen molar-refractivity contribution in [3.63, 3.8) is 0 Å². The monoisotopic (exact) mass is 301 g/mol. The molecule has 0 aliphatic rings. The molecule has 1 aromatic heterocycles. The van der Waals surface area contributed by atoms with Gasteiger partial charge in [0.15, 0.2) is 0 Å². The smallest absolute Gasteiger partial charge is 0.130 e. The molecule has 0 spiro atoms. The molecule has 0 radical (unpaired) electrons. The van der Waals surface area contributed by atoms with Crippen LogP contribution in [-0.4, -0.2) is 22.9 Å². The highest BCUT2D eigenvalue weighted by Gasteiger charge is 2.27. The first-order valence-electron chi connectivity index (χ1n) is 6.01. The summed E-state index contributed by atoms with van der Waals surface area (Å²) in [6.45, 7) is 11.1. The maximum absolute atomic E-state index is 4.51. The Bertz CT molecular complexity index is 390. The van der Waals surface area contributed by atoms with E-state index in [1.165, 1.54) is 11.4 Å². The number of aryl methyl sites for hydroxylation is 2. The summed E-state index contributed by atoms with van der Waals surface area (Å²) in [5.41, 5.74) is 2.63. The molecule has 1 aromatic rings. The fourth-order valence-electron chi connectivity index (χ4n) is 2.05. The highest BCUT2D eigenvalue weighted by molar-refractivity contribution is 9.08. The Morgan fingerprint density at radius 1 is 1.41 bits per heavy atom. The Morgan fingerprint density at radius 3 is 2.35 bits per heavy atom. The van der Waals surface area contributed by atoms with E-state index in [2.05, 4.69) is 67.6 Å². The van der Waals surface area contributed by atoms with Gasteiger partial charge in [0.1, 0.15) is 5.82 Å². The molecule has 4 heteroatoms. The van der Waals surface area contributed by atoms with Crippen LogP contribution < -0.4 is 4.90 Å². The first kappa shape index (κ1) is 14.6. The lowest BCUT2D eigenvalue weighted by Gasteiger charge is -2.37. The molecular formula is C13H24BrN3. The lowest BCUT2D eigenvalue weighted by Crippen LogP contribution is -2.40. The molecule has 1 unspecified atom stereocenters. The quantitative estimate of drug-likeness (QED) is 0.797. The Balaban J connectivity index is 3.16. The molecule has 1 rings (SSSR count). The topological polar surface area (TPSA) is 21.1 Å². The van der Waals surface area contributed by atoms with E-state index in [1.807, 2.05) is 11.7 Å². The summed E-state index contributed by atoms with van der Waals surface area (Å²) < 4.78 is 1.98. The molecular weight excluding hydrogens is 278 g/mol. The minimum absolute atomic E-state index is 0.247. The summed E-state index contributed by atoms with van der Waals surface area (Å²) in [6, 6.07) is 0.454. The van der Waals surface area contributed by atoms with E-state index in [0.29, 0.717) is 6.04 Å². The number of halogens is 1. The predicted octanol–water partition coefficient (Wildman–Crippen LogP) is 3.49. The van der Waals surface area contributed by atoms with Crippen LogP contribution in [0.25, 0.3) is 0 Å². The Labute approximate surface area is 113 Å². The predicted molar refractivity (Wildman–Crippen MR) is 77.9 cm³/mol. The third kappa shape index (κ3) is 2.84. The highest BCUT2D eigenvalue weighted by Crippen LogP contribution is 2.31. The number of aromatic nitrogens is 2. The lowest BCUT2D eigenvalue weighted by atomic mass is 9.87. The fourth-order valence-corrected chi connectivity index (χ4v) is 2.71. The first-order valence-corrected chi connectivity index (χ1v) is 7.13. The van der Waals surface area contributed by atoms with Gasteiger partial charge in [-0.25, -0.2) is 0 Å². The van der Waals surface area contributed by atoms with Gasteiger partial charge in [0.25, 0.3) is 0 Å². The van der Waals surface area contributed by atoms with Gasteiger partial charge in [-0.1, -0.05) is 36.7 Å². The van der Waals surface area contributed by atoms with E-state index in [4.69, 9.17) is 0 Å². The molecule has 0 aliphatic heterocycles. The number of anilines is 1. The van der Waals surface area contributed by atoms with Crippen molar-refractivity contribution in [2.75, 3.05) is 11.9 Å². The van der Waals surface area contributed by atoms with Gasteiger partial charge in [-0.2, -0.15) is 5.10 Å². The number of rotatable bonds is 3. The van der Waals surface area contributed by atoms with Crippen molar-refractivity contribution in [2.45, 2.75) is 46.0 Å².